The van der Waals surface area contributed by atoms with Crippen LogP contribution in [0.2, 0.25) is 0 Å². The monoisotopic (exact) mass is 222 g/mol. The number of nitrogens with zero attached hydrogens (tertiary/aromatic N) is 2. The van der Waals surface area contributed by atoms with Gasteiger partial charge >= 0.3 is 12.4 Å². The minimum Gasteiger partial charge on any atom is -0.164 e. The van der Waals surface area contributed by atoms with Crippen molar-refractivity contribution >= 4 is 11.3 Å². The highest BCUT2D eigenvalue weighted by molar-refractivity contribution is 7.11. The van der Waals surface area contributed by atoms with Gasteiger partial charge in [0, 0.05) is 0 Å². The largest absolute Gasteiger partial charge is 0.445 e. The van der Waals surface area contributed by atoms with Crippen molar-refractivity contribution in [2.45, 2.75) is 12.4 Å². The van der Waals surface area contributed by atoms with Gasteiger partial charge in [-0.05, 0) is 0 Å². The van der Waals surface area contributed by atoms with Crippen LogP contribution in [-0.4, -0.2) is 10.2 Å². The van der Waals surface area contributed by atoms with Crippen LogP contribution in [0.3, 0.4) is 0 Å². The molecule has 0 unspecified atom stereocenters. The Morgan fingerprint density at radius 3 is 1.23 bits per heavy atom. The molecule has 0 aromatic carbocycles. The van der Waals surface area contributed by atoms with Gasteiger partial charge in [-0.3, -0.25) is 0 Å². The molecule has 1 aromatic rings. The van der Waals surface area contributed by atoms with E-state index in [9.17, 15) is 26.3 Å². The van der Waals surface area contributed by atoms with Gasteiger partial charge in [-0.1, -0.05) is 11.3 Å². The minimum atomic E-state index is -4.87. The average molecular weight is 222 g/mol. The third-order valence-electron chi connectivity index (χ3n) is 0.910. The van der Waals surface area contributed by atoms with Crippen LogP contribution in [0.25, 0.3) is 0 Å². The van der Waals surface area contributed by atoms with Crippen molar-refractivity contribution in [1.82, 2.24) is 10.2 Å². The molecule has 0 amide bonds. The summed E-state index contributed by atoms with van der Waals surface area (Å²) in [7, 11) is 0. The van der Waals surface area contributed by atoms with Gasteiger partial charge in [-0.15, -0.1) is 10.2 Å². The molecule has 9 heteroatoms. The quantitative estimate of drug-likeness (QED) is 0.630. The van der Waals surface area contributed by atoms with Gasteiger partial charge in [0.15, 0.2) is 0 Å². The highest BCUT2D eigenvalue weighted by Crippen LogP contribution is 2.37. The summed E-state index contributed by atoms with van der Waals surface area (Å²) in [6, 6.07) is 0. The molecule has 74 valence electrons. The molecule has 0 fully saturated rings. The molecule has 0 aliphatic carbocycles. The normalized spacial score (nSPS) is 13.4. The molecule has 0 N–H and O–H groups in total. The van der Waals surface area contributed by atoms with Crippen LogP contribution in [0.1, 0.15) is 10.0 Å². The first-order chi connectivity index (χ1) is 5.71. The van der Waals surface area contributed by atoms with Gasteiger partial charge in [0.25, 0.3) is 0 Å². The summed E-state index contributed by atoms with van der Waals surface area (Å²) in [5.74, 6) is 0. The third-order valence-corrected chi connectivity index (χ3v) is 1.92. The van der Waals surface area contributed by atoms with Crippen molar-refractivity contribution in [3.63, 3.8) is 0 Å². The smallest absolute Gasteiger partial charge is 0.164 e. The van der Waals surface area contributed by atoms with Crippen molar-refractivity contribution in [3.05, 3.63) is 10.0 Å². The van der Waals surface area contributed by atoms with Gasteiger partial charge < -0.3 is 0 Å². The lowest BCUT2D eigenvalue weighted by atomic mass is 10.7. The van der Waals surface area contributed by atoms with Crippen LogP contribution < -0.4 is 0 Å². The predicted octanol–water partition coefficient (Wildman–Crippen LogP) is 2.58. The SMILES string of the molecule is FC(F)(F)c1nnc(C(F)(F)F)s1. The second-order valence-corrected chi connectivity index (χ2v) is 2.89. The van der Waals surface area contributed by atoms with Crippen LogP contribution >= 0.6 is 11.3 Å². The second kappa shape index (κ2) is 2.82. The van der Waals surface area contributed by atoms with E-state index < -0.39 is 33.7 Å². The molecular weight excluding hydrogens is 222 g/mol. The van der Waals surface area contributed by atoms with Crippen molar-refractivity contribution in [2.75, 3.05) is 0 Å². The second-order valence-electron chi connectivity index (χ2n) is 1.91. The molecule has 0 radical (unpaired) electrons. The van der Waals surface area contributed by atoms with E-state index in [1.165, 1.54) is 0 Å². The van der Waals surface area contributed by atoms with Crippen molar-refractivity contribution in [2.24, 2.45) is 0 Å². The van der Waals surface area contributed by atoms with Crippen LogP contribution in [0.5, 0.6) is 0 Å². The minimum absolute atomic E-state index is 0.525. The highest BCUT2D eigenvalue weighted by atomic mass is 32.1. The Balaban J connectivity index is 3.01. The molecule has 0 spiro atoms. The fourth-order valence-corrected chi connectivity index (χ4v) is 1.03. The summed E-state index contributed by atoms with van der Waals surface area (Å²) in [6.07, 6.45) is -9.75. The standard InChI is InChI=1S/C4F6N2S/c5-3(6,7)1-11-12-2(13-1)4(8,9)10. The van der Waals surface area contributed by atoms with Gasteiger partial charge in [0.1, 0.15) is 0 Å². The molecule has 0 aliphatic heterocycles. The van der Waals surface area contributed by atoms with E-state index >= 15 is 0 Å². The Labute approximate surface area is 71.2 Å². The van der Waals surface area contributed by atoms with Crippen molar-refractivity contribution in [1.29, 1.82) is 0 Å². The van der Waals surface area contributed by atoms with Crippen molar-refractivity contribution in [3.8, 4) is 0 Å². The summed E-state index contributed by atoms with van der Waals surface area (Å²) < 4.78 is 70.4. The van der Waals surface area contributed by atoms with Crippen LogP contribution in [0.4, 0.5) is 26.3 Å². The fraction of sp³-hybridized carbons (Fsp3) is 0.500. The zero-order valence-electron chi connectivity index (χ0n) is 5.57. The number of halogens is 6. The lowest BCUT2D eigenvalue weighted by Gasteiger charge is -1.99. The maximum absolute atomic E-state index is 11.7. The molecule has 0 saturated heterocycles. The summed E-state index contributed by atoms with van der Waals surface area (Å²) >= 11 is -0.525. The van der Waals surface area contributed by atoms with E-state index in [0.717, 1.165) is 0 Å². The van der Waals surface area contributed by atoms with Crippen molar-refractivity contribution < 1.29 is 26.3 Å². The zero-order valence-corrected chi connectivity index (χ0v) is 6.39. The topological polar surface area (TPSA) is 25.8 Å². The number of rotatable bonds is 0. The molecule has 1 rings (SSSR count). The van der Waals surface area contributed by atoms with Crippen LogP contribution in [0.15, 0.2) is 0 Å². The lowest BCUT2D eigenvalue weighted by Crippen LogP contribution is -2.03. The predicted molar refractivity (Wildman–Crippen MR) is 29.9 cm³/mol. The van der Waals surface area contributed by atoms with Gasteiger partial charge in [-0.2, -0.15) is 26.3 Å². The Hall–Kier alpha value is -0.860. The van der Waals surface area contributed by atoms with E-state index in [1.807, 2.05) is 0 Å². The Bertz CT molecular complexity index is 270. The third kappa shape index (κ3) is 2.29. The van der Waals surface area contributed by atoms with E-state index in [-0.39, 0.29) is 0 Å². The first-order valence-corrected chi connectivity index (χ1v) is 3.51. The number of aromatic nitrogens is 2. The Morgan fingerprint density at radius 2 is 1.08 bits per heavy atom. The number of alkyl halides is 6. The molecule has 0 atom stereocenters. The maximum atomic E-state index is 11.7. The van der Waals surface area contributed by atoms with Crippen LogP contribution in [0, 0.1) is 0 Å². The molecule has 1 aromatic heterocycles. The molecule has 0 bridgehead atoms. The van der Waals surface area contributed by atoms with E-state index in [4.69, 9.17) is 0 Å². The molecule has 2 nitrogen and oxygen atoms in total. The summed E-state index contributed by atoms with van der Waals surface area (Å²) in [4.78, 5) is 0. The van der Waals surface area contributed by atoms with Crippen LogP contribution in [-0.2, 0) is 12.4 Å². The number of hydrogen-bond acceptors (Lipinski definition) is 3. The van der Waals surface area contributed by atoms with E-state index in [1.54, 1.807) is 0 Å². The molecule has 0 aliphatic rings. The summed E-state index contributed by atoms with van der Waals surface area (Å²) in [6.45, 7) is 0. The Morgan fingerprint density at radius 1 is 0.769 bits per heavy atom. The lowest BCUT2D eigenvalue weighted by molar-refractivity contribution is -0.139. The first-order valence-electron chi connectivity index (χ1n) is 2.69. The molecule has 13 heavy (non-hydrogen) atoms. The van der Waals surface area contributed by atoms with Gasteiger partial charge in [-0.25, -0.2) is 0 Å². The Kier molecular flexibility index (Phi) is 2.22. The summed E-state index contributed by atoms with van der Waals surface area (Å²) in [5.41, 5.74) is 0. The zero-order chi connectivity index (χ0) is 10.3. The van der Waals surface area contributed by atoms with Gasteiger partial charge in [0.05, 0.1) is 0 Å². The molecule has 0 saturated carbocycles. The molecule has 1 heterocycles. The van der Waals surface area contributed by atoms with Gasteiger partial charge in [0.2, 0.25) is 10.0 Å². The average Bonchev–Trinajstić information content (AvgIpc) is 2.28. The highest BCUT2D eigenvalue weighted by Gasteiger charge is 2.41. The maximum Gasteiger partial charge on any atom is 0.445 e. The fourth-order valence-electron chi connectivity index (χ4n) is 0.452. The van der Waals surface area contributed by atoms with E-state index in [0.29, 0.717) is 0 Å². The molecular formula is C4F6N2S. The number of hydrogen-bond donors (Lipinski definition) is 0. The van der Waals surface area contributed by atoms with E-state index in [2.05, 4.69) is 10.2 Å². The summed E-state index contributed by atoms with van der Waals surface area (Å²) in [5, 5.41) is 1.56. The first kappa shape index (κ1) is 10.2.